The second-order valence-corrected chi connectivity index (χ2v) is 9.05. The molecule has 0 bridgehead atoms. The lowest BCUT2D eigenvalue weighted by Gasteiger charge is -2.11. The number of carbonyl (C=O) groups excluding carboxylic acids is 1. The van der Waals surface area contributed by atoms with Crippen molar-refractivity contribution in [1.82, 2.24) is 5.43 Å². The van der Waals surface area contributed by atoms with Crippen molar-refractivity contribution in [3.05, 3.63) is 89.5 Å². The van der Waals surface area contributed by atoms with Gasteiger partial charge < -0.3 is 9.47 Å². The summed E-state index contributed by atoms with van der Waals surface area (Å²) in [4.78, 5) is 12.7. The van der Waals surface area contributed by atoms with Gasteiger partial charge in [-0.2, -0.15) is 5.10 Å². The number of ether oxygens (including phenoxy) is 2. The minimum Gasteiger partial charge on any atom is -0.492 e. The molecule has 0 aliphatic heterocycles. The number of rotatable bonds is 8. The molecule has 31 heavy (non-hydrogen) atoms. The zero-order valence-corrected chi connectivity index (χ0v) is 21.6. The Labute approximate surface area is 213 Å². The molecule has 0 saturated heterocycles. The van der Waals surface area contributed by atoms with Gasteiger partial charge in [0.15, 0.2) is 0 Å². The first kappa shape index (κ1) is 23.8. The first-order valence-corrected chi connectivity index (χ1v) is 11.9. The SMILES string of the molecule is CCOc1c(I)cc(/C=N/NC(=O)c2ccccc2OCc2ccccc2Cl)cc1I. The van der Waals surface area contributed by atoms with E-state index in [-0.39, 0.29) is 12.5 Å². The lowest BCUT2D eigenvalue weighted by atomic mass is 10.2. The van der Waals surface area contributed by atoms with E-state index in [1.165, 1.54) is 0 Å². The number of nitrogens with one attached hydrogen (secondary N) is 1. The molecule has 3 aromatic rings. The first-order valence-electron chi connectivity index (χ1n) is 9.40. The van der Waals surface area contributed by atoms with Crippen molar-refractivity contribution < 1.29 is 14.3 Å². The molecule has 0 aromatic heterocycles. The van der Waals surface area contributed by atoms with E-state index in [2.05, 4.69) is 55.7 Å². The van der Waals surface area contributed by atoms with Crippen LogP contribution in [0.4, 0.5) is 0 Å². The van der Waals surface area contributed by atoms with Crippen molar-refractivity contribution in [1.29, 1.82) is 0 Å². The van der Waals surface area contributed by atoms with Crippen LogP contribution in [0, 0.1) is 7.14 Å². The topological polar surface area (TPSA) is 59.9 Å². The van der Waals surface area contributed by atoms with E-state index in [1.54, 1.807) is 30.5 Å². The second kappa shape index (κ2) is 11.7. The standard InChI is InChI=1S/C23H19ClI2N2O3/c1-2-30-22-19(25)11-15(12-20(22)26)13-27-28-23(29)17-8-4-6-10-21(17)31-14-16-7-3-5-9-18(16)24/h3-13H,2,14H2,1H3,(H,28,29)/b27-13+. The molecular formula is C23H19ClI2N2O3. The van der Waals surface area contributed by atoms with Crippen molar-refractivity contribution in [3.8, 4) is 11.5 Å². The molecule has 0 unspecified atom stereocenters. The third-order valence-electron chi connectivity index (χ3n) is 4.16. The van der Waals surface area contributed by atoms with E-state index in [4.69, 9.17) is 21.1 Å². The summed E-state index contributed by atoms with van der Waals surface area (Å²) in [5.74, 6) is 0.955. The lowest BCUT2D eigenvalue weighted by molar-refractivity contribution is 0.0950. The van der Waals surface area contributed by atoms with E-state index in [1.807, 2.05) is 43.3 Å². The van der Waals surface area contributed by atoms with Crippen LogP contribution >= 0.6 is 56.8 Å². The number of benzene rings is 3. The number of halogens is 3. The van der Waals surface area contributed by atoms with Gasteiger partial charge in [-0.15, -0.1) is 0 Å². The Morgan fingerprint density at radius 2 is 1.74 bits per heavy atom. The third kappa shape index (κ3) is 6.56. The average molecular weight is 661 g/mol. The molecule has 5 nitrogen and oxygen atoms in total. The van der Waals surface area contributed by atoms with Crippen molar-refractivity contribution in [2.75, 3.05) is 6.61 Å². The Hall–Kier alpha value is -1.85. The molecule has 0 atom stereocenters. The Balaban J connectivity index is 1.68. The Kier molecular flexibility index (Phi) is 8.97. The monoisotopic (exact) mass is 660 g/mol. The number of hydrogen-bond acceptors (Lipinski definition) is 4. The second-order valence-electron chi connectivity index (χ2n) is 6.32. The lowest BCUT2D eigenvalue weighted by Crippen LogP contribution is -2.18. The van der Waals surface area contributed by atoms with Gasteiger partial charge >= 0.3 is 0 Å². The third-order valence-corrected chi connectivity index (χ3v) is 6.13. The van der Waals surface area contributed by atoms with Crippen LogP contribution in [-0.4, -0.2) is 18.7 Å². The summed E-state index contributed by atoms with van der Waals surface area (Å²) >= 11 is 10.6. The highest BCUT2D eigenvalue weighted by Crippen LogP contribution is 2.28. The predicted octanol–water partition coefficient (Wildman–Crippen LogP) is 6.29. The molecule has 3 aromatic carbocycles. The molecule has 0 spiro atoms. The predicted molar refractivity (Wildman–Crippen MR) is 140 cm³/mol. The fourth-order valence-corrected chi connectivity index (χ4v) is 5.03. The van der Waals surface area contributed by atoms with Gasteiger partial charge in [-0.05, 0) is 88.0 Å². The van der Waals surface area contributed by atoms with Crippen LogP contribution in [-0.2, 0) is 6.61 Å². The van der Waals surface area contributed by atoms with Crippen molar-refractivity contribution in [3.63, 3.8) is 0 Å². The maximum atomic E-state index is 12.7. The maximum Gasteiger partial charge on any atom is 0.275 e. The highest BCUT2D eigenvalue weighted by Gasteiger charge is 2.12. The molecule has 0 fully saturated rings. The van der Waals surface area contributed by atoms with Crippen molar-refractivity contribution in [2.45, 2.75) is 13.5 Å². The fourth-order valence-electron chi connectivity index (χ4n) is 2.71. The first-order chi connectivity index (χ1) is 15.0. The Morgan fingerprint density at radius 1 is 1.06 bits per heavy atom. The van der Waals surface area contributed by atoms with Crippen LogP contribution in [0.5, 0.6) is 11.5 Å². The Bertz CT molecular complexity index is 1080. The number of hydrogen-bond donors (Lipinski definition) is 1. The van der Waals surface area contributed by atoms with Crippen LogP contribution < -0.4 is 14.9 Å². The van der Waals surface area contributed by atoms with Crippen LogP contribution in [0.2, 0.25) is 5.02 Å². The van der Waals surface area contributed by atoms with Gasteiger partial charge in [0.1, 0.15) is 18.1 Å². The zero-order valence-electron chi connectivity index (χ0n) is 16.6. The molecular weight excluding hydrogens is 642 g/mol. The van der Waals surface area contributed by atoms with Gasteiger partial charge in [-0.3, -0.25) is 4.79 Å². The largest absolute Gasteiger partial charge is 0.492 e. The molecule has 8 heteroatoms. The number of hydrazone groups is 1. The highest BCUT2D eigenvalue weighted by atomic mass is 127. The summed E-state index contributed by atoms with van der Waals surface area (Å²) in [5, 5.41) is 4.72. The van der Waals surface area contributed by atoms with Gasteiger partial charge in [0.05, 0.1) is 25.5 Å². The van der Waals surface area contributed by atoms with E-state index < -0.39 is 0 Å². The summed E-state index contributed by atoms with van der Waals surface area (Å²) in [6.45, 7) is 2.82. The van der Waals surface area contributed by atoms with Crippen LogP contribution in [0.1, 0.15) is 28.4 Å². The summed E-state index contributed by atoms with van der Waals surface area (Å²) < 4.78 is 13.5. The van der Waals surface area contributed by atoms with Gasteiger partial charge in [0.25, 0.3) is 5.91 Å². The zero-order chi connectivity index (χ0) is 22.2. The highest BCUT2D eigenvalue weighted by molar-refractivity contribution is 14.1. The van der Waals surface area contributed by atoms with Crippen molar-refractivity contribution >= 4 is 68.9 Å². The fraction of sp³-hybridized carbons (Fsp3) is 0.130. The van der Waals surface area contributed by atoms with Gasteiger partial charge in [-0.1, -0.05) is 41.9 Å². The number of nitrogens with zero attached hydrogens (tertiary/aromatic N) is 1. The molecule has 3 rings (SSSR count). The van der Waals surface area contributed by atoms with E-state index in [9.17, 15) is 4.79 Å². The van der Waals surface area contributed by atoms with Crippen LogP contribution in [0.3, 0.4) is 0 Å². The molecule has 0 heterocycles. The molecule has 160 valence electrons. The van der Waals surface area contributed by atoms with E-state index in [0.717, 1.165) is 24.0 Å². The summed E-state index contributed by atoms with van der Waals surface area (Å²) in [6.07, 6.45) is 1.60. The van der Waals surface area contributed by atoms with E-state index in [0.29, 0.717) is 22.9 Å². The average Bonchev–Trinajstić information content (AvgIpc) is 2.76. The molecule has 0 aliphatic rings. The van der Waals surface area contributed by atoms with Crippen LogP contribution in [0.15, 0.2) is 65.8 Å². The van der Waals surface area contributed by atoms with E-state index >= 15 is 0 Å². The normalized spacial score (nSPS) is 10.8. The molecule has 0 radical (unpaired) electrons. The van der Waals surface area contributed by atoms with Crippen LogP contribution in [0.25, 0.3) is 0 Å². The molecule has 0 saturated carbocycles. The minimum atomic E-state index is -0.360. The number of para-hydroxylation sites is 1. The maximum absolute atomic E-state index is 12.7. The van der Waals surface area contributed by atoms with Gasteiger partial charge in [0, 0.05) is 10.6 Å². The molecule has 0 aliphatic carbocycles. The smallest absolute Gasteiger partial charge is 0.275 e. The Morgan fingerprint density at radius 3 is 2.45 bits per heavy atom. The van der Waals surface area contributed by atoms with Gasteiger partial charge in [0.2, 0.25) is 0 Å². The molecule has 1 N–H and O–H groups in total. The summed E-state index contributed by atoms with van der Waals surface area (Å²) in [6, 6.07) is 18.4. The number of amides is 1. The summed E-state index contributed by atoms with van der Waals surface area (Å²) in [7, 11) is 0. The van der Waals surface area contributed by atoms with Gasteiger partial charge in [-0.25, -0.2) is 5.43 Å². The minimum absolute atomic E-state index is 0.260. The molecule has 1 amide bonds. The number of carbonyl (C=O) groups is 1. The van der Waals surface area contributed by atoms with Crippen molar-refractivity contribution in [2.24, 2.45) is 5.10 Å². The quantitative estimate of drug-likeness (QED) is 0.176. The summed E-state index contributed by atoms with van der Waals surface area (Å²) in [5.41, 5.74) is 4.66.